The van der Waals surface area contributed by atoms with Crippen molar-refractivity contribution in [2.45, 2.75) is 53.1 Å². The van der Waals surface area contributed by atoms with Crippen molar-refractivity contribution < 1.29 is 0 Å². The van der Waals surface area contributed by atoms with E-state index >= 15 is 0 Å². The third-order valence-electron chi connectivity index (χ3n) is 2.67. The summed E-state index contributed by atoms with van der Waals surface area (Å²) in [7, 11) is 2.07. The van der Waals surface area contributed by atoms with E-state index in [4.69, 9.17) is 0 Å². The zero-order valence-electron chi connectivity index (χ0n) is 10.8. The molecule has 0 N–H and O–H groups in total. The molecule has 0 aromatic carbocycles. The first-order valence-corrected chi connectivity index (χ1v) is 5.97. The molecule has 0 saturated heterocycles. The van der Waals surface area contributed by atoms with E-state index in [0.717, 1.165) is 6.54 Å². The molecule has 1 aliphatic heterocycles. The van der Waals surface area contributed by atoms with Crippen molar-refractivity contribution in [1.29, 1.82) is 0 Å². The predicted molar refractivity (Wildman–Crippen MR) is 65.7 cm³/mol. The maximum atomic E-state index is 4.37. The fraction of sp³-hybridized carbons (Fsp3) is 0.917. The lowest BCUT2D eigenvalue weighted by atomic mass is 9.96. The fourth-order valence-corrected chi connectivity index (χ4v) is 1.95. The normalized spacial score (nSPS) is 21.5. The molecule has 0 aliphatic carbocycles. The first-order valence-electron chi connectivity index (χ1n) is 5.97. The van der Waals surface area contributed by atoms with Gasteiger partial charge in [-0.25, -0.2) is 0 Å². The molecule has 0 aromatic heterocycles. The molecule has 0 fully saturated rings. The van der Waals surface area contributed by atoms with Crippen molar-refractivity contribution in [1.82, 2.24) is 9.91 Å². The summed E-state index contributed by atoms with van der Waals surface area (Å²) in [6.07, 6.45) is 6.21. The SMILES string of the molecule is CCCCC1N(CC(C)(C)C)C=NN1C. The summed E-state index contributed by atoms with van der Waals surface area (Å²) in [4.78, 5) is 2.37. The molecule has 3 heteroatoms. The quantitative estimate of drug-likeness (QED) is 0.712. The topological polar surface area (TPSA) is 18.8 Å². The van der Waals surface area contributed by atoms with Gasteiger partial charge in [0.25, 0.3) is 0 Å². The Labute approximate surface area is 94.1 Å². The molecular formula is C12H25N3. The zero-order chi connectivity index (χ0) is 11.5. The Morgan fingerprint density at radius 2 is 2.00 bits per heavy atom. The molecule has 0 saturated carbocycles. The third-order valence-corrected chi connectivity index (χ3v) is 2.67. The van der Waals surface area contributed by atoms with Crippen LogP contribution in [0, 0.1) is 5.41 Å². The third kappa shape index (κ3) is 3.73. The van der Waals surface area contributed by atoms with Crippen LogP contribution in [-0.4, -0.2) is 36.0 Å². The highest BCUT2D eigenvalue weighted by molar-refractivity contribution is 5.57. The minimum absolute atomic E-state index is 0.335. The molecule has 1 unspecified atom stereocenters. The number of rotatable bonds is 4. The summed E-state index contributed by atoms with van der Waals surface area (Å²) in [5.74, 6) is 0. The Bertz CT molecular complexity index is 217. The van der Waals surface area contributed by atoms with E-state index in [1.54, 1.807) is 0 Å². The molecular weight excluding hydrogens is 186 g/mol. The smallest absolute Gasteiger partial charge is 0.118 e. The molecule has 1 aliphatic rings. The highest BCUT2D eigenvalue weighted by Crippen LogP contribution is 2.22. The first kappa shape index (κ1) is 12.3. The number of hydrogen-bond acceptors (Lipinski definition) is 3. The molecule has 0 spiro atoms. The standard InChI is InChI=1S/C12H25N3/c1-6-7-8-11-14(5)13-10-15(11)9-12(2,3)4/h10-11H,6-9H2,1-5H3. The number of unbranched alkanes of at least 4 members (excludes halogenated alkanes) is 1. The number of nitrogens with zero attached hydrogens (tertiary/aromatic N) is 3. The lowest BCUT2D eigenvalue weighted by Gasteiger charge is -2.33. The van der Waals surface area contributed by atoms with Crippen LogP contribution < -0.4 is 0 Å². The van der Waals surface area contributed by atoms with Gasteiger partial charge < -0.3 is 4.90 Å². The van der Waals surface area contributed by atoms with E-state index < -0.39 is 0 Å². The second kappa shape index (κ2) is 4.86. The molecule has 1 atom stereocenters. The van der Waals surface area contributed by atoms with Crippen LogP contribution in [0.4, 0.5) is 0 Å². The van der Waals surface area contributed by atoms with Crippen LogP contribution in [-0.2, 0) is 0 Å². The summed E-state index contributed by atoms with van der Waals surface area (Å²) in [5.41, 5.74) is 0.335. The van der Waals surface area contributed by atoms with Gasteiger partial charge >= 0.3 is 0 Å². The van der Waals surface area contributed by atoms with Gasteiger partial charge in [0.2, 0.25) is 0 Å². The van der Waals surface area contributed by atoms with Crippen molar-refractivity contribution >= 4 is 6.34 Å². The van der Waals surface area contributed by atoms with Gasteiger partial charge in [0.1, 0.15) is 12.5 Å². The Hall–Kier alpha value is -0.730. The lowest BCUT2D eigenvalue weighted by molar-refractivity contribution is 0.120. The van der Waals surface area contributed by atoms with E-state index in [9.17, 15) is 0 Å². The van der Waals surface area contributed by atoms with Gasteiger partial charge in [0.15, 0.2) is 0 Å². The Morgan fingerprint density at radius 1 is 1.33 bits per heavy atom. The Balaban J connectivity index is 2.51. The lowest BCUT2D eigenvalue weighted by Crippen LogP contribution is -2.42. The van der Waals surface area contributed by atoms with Crippen LogP contribution in [0.5, 0.6) is 0 Å². The fourth-order valence-electron chi connectivity index (χ4n) is 1.95. The summed E-state index contributed by atoms with van der Waals surface area (Å²) in [5, 5.41) is 6.46. The Kier molecular flexibility index (Phi) is 4.00. The first-order chi connectivity index (χ1) is 6.94. The molecule has 1 rings (SSSR count). The van der Waals surface area contributed by atoms with Crippen LogP contribution in [0.1, 0.15) is 47.0 Å². The van der Waals surface area contributed by atoms with Crippen LogP contribution >= 0.6 is 0 Å². The molecule has 0 amide bonds. The molecule has 88 valence electrons. The summed E-state index contributed by atoms with van der Waals surface area (Å²) in [6, 6.07) is 0. The summed E-state index contributed by atoms with van der Waals surface area (Å²) < 4.78 is 0. The van der Waals surface area contributed by atoms with E-state index in [-0.39, 0.29) is 0 Å². The highest BCUT2D eigenvalue weighted by Gasteiger charge is 2.27. The van der Waals surface area contributed by atoms with Gasteiger partial charge in [-0.3, -0.25) is 5.01 Å². The van der Waals surface area contributed by atoms with Gasteiger partial charge in [-0.1, -0.05) is 34.1 Å². The van der Waals surface area contributed by atoms with E-state index in [1.807, 2.05) is 6.34 Å². The number of hydrazone groups is 1. The van der Waals surface area contributed by atoms with Crippen LogP contribution in [0.3, 0.4) is 0 Å². The van der Waals surface area contributed by atoms with Crippen LogP contribution in [0.15, 0.2) is 5.10 Å². The van der Waals surface area contributed by atoms with Gasteiger partial charge in [-0.05, 0) is 18.3 Å². The second-order valence-electron chi connectivity index (χ2n) is 5.66. The summed E-state index contributed by atoms with van der Waals surface area (Å²) in [6.45, 7) is 10.1. The van der Waals surface area contributed by atoms with Crippen LogP contribution in [0.25, 0.3) is 0 Å². The maximum absolute atomic E-state index is 4.37. The molecule has 15 heavy (non-hydrogen) atoms. The van der Waals surface area contributed by atoms with Crippen molar-refractivity contribution in [3.05, 3.63) is 0 Å². The highest BCUT2D eigenvalue weighted by atomic mass is 15.6. The average Bonchev–Trinajstić information content (AvgIpc) is 2.42. The minimum atomic E-state index is 0.335. The van der Waals surface area contributed by atoms with Crippen LogP contribution in [0.2, 0.25) is 0 Å². The largest absolute Gasteiger partial charge is 0.339 e. The van der Waals surface area contributed by atoms with Gasteiger partial charge in [0, 0.05) is 13.6 Å². The van der Waals surface area contributed by atoms with Crippen molar-refractivity contribution in [2.75, 3.05) is 13.6 Å². The monoisotopic (exact) mass is 211 g/mol. The predicted octanol–water partition coefficient (Wildman–Crippen LogP) is 2.74. The number of hydrogen-bond donors (Lipinski definition) is 0. The average molecular weight is 211 g/mol. The van der Waals surface area contributed by atoms with Crippen molar-refractivity contribution in [2.24, 2.45) is 10.5 Å². The van der Waals surface area contributed by atoms with Gasteiger partial charge in [-0.15, -0.1) is 0 Å². The maximum Gasteiger partial charge on any atom is 0.118 e. The second-order valence-corrected chi connectivity index (χ2v) is 5.66. The molecule has 0 aromatic rings. The van der Waals surface area contributed by atoms with E-state index in [2.05, 4.69) is 49.8 Å². The Morgan fingerprint density at radius 3 is 2.53 bits per heavy atom. The molecule has 3 nitrogen and oxygen atoms in total. The molecule has 0 bridgehead atoms. The summed E-state index contributed by atoms with van der Waals surface area (Å²) >= 11 is 0. The van der Waals surface area contributed by atoms with E-state index in [0.29, 0.717) is 11.6 Å². The van der Waals surface area contributed by atoms with E-state index in [1.165, 1.54) is 19.3 Å². The van der Waals surface area contributed by atoms with Gasteiger partial charge in [-0.2, -0.15) is 5.10 Å². The zero-order valence-corrected chi connectivity index (χ0v) is 10.8. The molecule has 0 radical (unpaired) electrons. The van der Waals surface area contributed by atoms with Crippen molar-refractivity contribution in [3.63, 3.8) is 0 Å². The van der Waals surface area contributed by atoms with Crippen molar-refractivity contribution in [3.8, 4) is 0 Å². The molecule has 1 heterocycles. The van der Waals surface area contributed by atoms with Gasteiger partial charge in [0.05, 0.1) is 0 Å². The minimum Gasteiger partial charge on any atom is -0.339 e.